The van der Waals surface area contributed by atoms with Gasteiger partial charge in [0, 0.05) is 47.2 Å². The normalized spacial score (nSPS) is 17.1. The number of fused-ring (bicyclic) bond motifs is 1. The first-order valence-electron chi connectivity index (χ1n) is 11.8. The van der Waals surface area contributed by atoms with Crippen molar-refractivity contribution in [1.82, 2.24) is 15.1 Å². The first-order valence-corrected chi connectivity index (χ1v) is 11.8. The lowest BCUT2D eigenvalue weighted by atomic mass is 10.0. The zero-order valence-electron chi connectivity index (χ0n) is 20.4. The van der Waals surface area contributed by atoms with Crippen LogP contribution in [0.4, 0.5) is 20.7 Å². The molecule has 5 rings (SSSR count). The summed E-state index contributed by atoms with van der Waals surface area (Å²) in [5.74, 6) is 0.472. The third kappa shape index (κ3) is 5.18. The molecule has 9 heteroatoms. The summed E-state index contributed by atoms with van der Waals surface area (Å²) in [6, 6.07) is 22.9. The Bertz CT molecular complexity index is 1450. The van der Waals surface area contributed by atoms with E-state index in [0.717, 1.165) is 22.2 Å². The van der Waals surface area contributed by atoms with E-state index in [1.165, 1.54) is 12.1 Å². The van der Waals surface area contributed by atoms with Gasteiger partial charge >= 0.3 is 6.03 Å². The van der Waals surface area contributed by atoms with Gasteiger partial charge < -0.3 is 15.1 Å². The molecule has 7 nitrogen and oxygen atoms in total. The second-order valence-corrected chi connectivity index (χ2v) is 9.05. The minimum atomic E-state index is -0.295. The van der Waals surface area contributed by atoms with Crippen LogP contribution in [0.2, 0.25) is 0 Å². The molecule has 3 aromatic carbocycles. The van der Waals surface area contributed by atoms with E-state index in [1.807, 2.05) is 36.1 Å². The van der Waals surface area contributed by atoms with Crippen LogP contribution in [0.3, 0.4) is 0 Å². The third-order valence-corrected chi connectivity index (χ3v) is 6.57. The molecule has 0 saturated carbocycles. The maximum absolute atomic E-state index is 13.5. The van der Waals surface area contributed by atoms with Gasteiger partial charge in [0.05, 0.1) is 11.6 Å². The molecule has 1 saturated heterocycles. The third-order valence-electron chi connectivity index (χ3n) is 6.57. The summed E-state index contributed by atoms with van der Waals surface area (Å²) in [5.41, 5.74) is 2.70. The molecule has 4 aromatic rings. The molecule has 37 heavy (non-hydrogen) atoms. The quantitative estimate of drug-likeness (QED) is 0.368. The first-order chi connectivity index (χ1) is 17.4. The Kier molecular flexibility index (Phi) is 7.55. The fourth-order valence-electron chi connectivity index (χ4n) is 4.65. The maximum Gasteiger partial charge on any atom is 0.322 e. The number of amides is 2. The summed E-state index contributed by atoms with van der Waals surface area (Å²) in [6.45, 7) is 5.19. The predicted molar refractivity (Wildman–Crippen MR) is 145 cm³/mol. The Morgan fingerprint density at radius 2 is 1.62 bits per heavy atom. The number of rotatable bonds is 3. The van der Waals surface area contributed by atoms with Gasteiger partial charge in [-0.1, -0.05) is 24.3 Å². The highest BCUT2D eigenvalue weighted by atomic mass is 35.5. The number of nitrogens with one attached hydrogen (secondary N) is 1. The van der Waals surface area contributed by atoms with Gasteiger partial charge in [0.1, 0.15) is 11.5 Å². The zero-order chi connectivity index (χ0) is 25.2. The highest BCUT2D eigenvalue weighted by Gasteiger charge is 2.34. The molecule has 0 bridgehead atoms. The number of hydrogen-bond donors (Lipinski definition) is 1. The minimum Gasteiger partial charge on any atom is -0.348 e. The van der Waals surface area contributed by atoms with Crippen LogP contribution >= 0.6 is 12.4 Å². The standard InChI is InChI=1S/C28H25FN6O.ClH/c1-18-17-35(28(36)31-23-13-7-20(15-30)8-14-23)19(2)16-34(18)27-25-6-4-3-5-24(25)26(32-33-27)21-9-11-22(29)12-10-21;/h3-14,18-19H,16-17H2,1-2H3,(H,31,36);1H/t18-,19-;/m0./s1. The monoisotopic (exact) mass is 516 g/mol. The van der Waals surface area contributed by atoms with E-state index >= 15 is 0 Å². The average Bonchev–Trinajstić information content (AvgIpc) is 2.90. The van der Waals surface area contributed by atoms with Crippen molar-refractivity contribution in [3.63, 3.8) is 0 Å². The Hall–Kier alpha value is -4.22. The van der Waals surface area contributed by atoms with Gasteiger partial charge in [-0.3, -0.25) is 0 Å². The number of hydrogen-bond acceptors (Lipinski definition) is 5. The zero-order valence-corrected chi connectivity index (χ0v) is 21.2. The van der Waals surface area contributed by atoms with Crippen LogP contribution < -0.4 is 10.2 Å². The number of halogens is 2. The van der Waals surface area contributed by atoms with E-state index in [4.69, 9.17) is 5.26 Å². The molecular weight excluding hydrogens is 491 g/mol. The molecule has 0 radical (unpaired) electrons. The van der Waals surface area contributed by atoms with Gasteiger partial charge in [0.25, 0.3) is 0 Å². The number of carbonyl (C=O) groups is 1. The van der Waals surface area contributed by atoms with E-state index in [9.17, 15) is 9.18 Å². The number of anilines is 2. The maximum atomic E-state index is 13.5. The predicted octanol–water partition coefficient (Wildman–Crippen LogP) is 5.86. The SMILES string of the molecule is C[C@H]1CN(c2nnc(-c3ccc(F)cc3)c3ccccc23)[C@@H](C)CN1C(=O)Nc1ccc(C#N)cc1.Cl. The fraction of sp³-hybridized carbons (Fsp3) is 0.214. The largest absolute Gasteiger partial charge is 0.348 e. The number of nitriles is 1. The molecule has 188 valence electrons. The number of piperazine rings is 1. The summed E-state index contributed by atoms with van der Waals surface area (Å²) >= 11 is 0. The molecule has 1 aliphatic heterocycles. The van der Waals surface area contributed by atoms with Gasteiger partial charge in [-0.2, -0.15) is 5.26 Å². The summed E-state index contributed by atoms with van der Waals surface area (Å²) in [7, 11) is 0. The van der Waals surface area contributed by atoms with Crippen LogP contribution in [0.15, 0.2) is 72.8 Å². The molecule has 1 aromatic heterocycles. The van der Waals surface area contributed by atoms with Gasteiger partial charge in [-0.15, -0.1) is 22.6 Å². The Morgan fingerprint density at radius 1 is 0.946 bits per heavy atom. The number of aromatic nitrogens is 2. The lowest BCUT2D eigenvalue weighted by molar-refractivity contribution is 0.173. The molecule has 2 heterocycles. The second-order valence-electron chi connectivity index (χ2n) is 9.05. The Morgan fingerprint density at radius 3 is 2.30 bits per heavy atom. The van der Waals surface area contributed by atoms with Crippen LogP contribution in [0.1, 0.15) is 19.4 Å². The van der Waals surface area contributed by atoms with Crippen LogP contribution in [-0.2, 0) is 0 Å². The van der Waals surface area contributed by atoms with Crippen molar-refractivity contribution in [3.8, 4) is 17.3 Å². The summed E-state index contributed by atoms with van der Waals surface area (Å²) in [5, 5.41) is 22.9. The number of nitrogens with zero attached hydrogens (tertiary/aromatic N) is 5. The molecule has 1 fully saturated rings. The molecule has 0 spiro atoms. The number of benzene rings is 3. The number of urea groups is 1. The summed E-state index contributed by atoms with van der Waals surface area (Å²) in [4.78, 5) is 17.1. The first kappa shape index (κ1) is 25.9. The number of carbonyl (C=O) groups excluding carboxylic acids is 1. The van der Waals surface area contributed by atoms with Crippen molar-refractivity contribution in [2.45, 2.75) is 25.9 Å². The van der Waals surface area contributed by atoms with E-state index < -0.39 is 0 Å². The van der Waals surface area contributed by atoms with Crippen molar-refractivity contribution in [2.75, 3.05) is 23.3 Å². The van der Waals surface area contributed by atoms with Crippen LogP contribution in [-0.4, -0.2) is 46.3 Å². The van der Waals surface area contributed by atoms with Crippen molar-refractivity contribution >= 4 is 40.7 Å². The van der Waals surface area contributed by atoms with Crippen molar-refractivity contribution in [1.29, 1.82) is 5.26 Å². The van der Waals surface area contributed by atoms with Gasteiger partial charge in [0.15, 0.2) is 5.82 Å². The highest BCUT2D eigenvalue weighted by Crippen LogP contribution is 2.33. The van der Waals surface area contributed by atoms with Gasteiger partial charge in [-0.25, -0.2) is 9.18 Å². The molecular formula is C28H26ClFN6O. The summed E-state index contributed by atoms with van der Waals surface area (Å²) in [6.07, 6.45) is 0. The van der Waals surface area contributed by atoms with E-state index in [0.29, 0.717) is 30.0 Å². The molecule has 2 amide bonds. The van der Waals surface area contributed by atoms with Crippen molar-refractivity contribution in [3.05, 3.63) is 84.2 Å². The fourth-order valence-corrected chi connectivity index (χ4v) is 4.65. The van der Waals surface area contributed by atoms with E-state index in [-0.39, 0.29) is 36.3 Å². The Labute approximate surface area is 220 Å². The lowest BCUT2D eigenvalue weighted by Gasteiger charge is -2.44. The second kappa shape index (κ2) is 10.8. The highest BCUT2D eigenvalue weighted by molar-refractivity contribution is 6.00. The van der Waals surface area contributed by atoms with Crippen LogP contribution in [0, 0.1) is 17.1 Å². The average molecular weight is 517 g/mol. The van der Waals surface area contributed by atoms with Gasteiger partial charge in [-0.05, 0) is 62.4 Å². The lowest BCUT2D eigenvalue weighted by Crippen LogP contribution is -2.59. The van der Waals surface area contributed by atoms with Gasteiger partial charge in [0.2, 0.25) is 0 Å². The van der Waals surface area contributed by atoms with Crippen LogP contribution in [0.5, 0.6) is 0 Å². The minimum absolute atomic E-state index is 0. The molecule has 1 aliphatic rings. The van der Waals surface area contributed by atoms with E-state index in [2.05, 4.69) is 33.4 Å². The Balaban J connectivity index is 0.00000320. The van der Waals surface area contributed by atoms with Crippen molar-refractivity contribution in [2.24, 2.45) is 0 Å². The van der Waals surface area contributed by atoms with E-state index in [1.54, 1.807) is 36.4 Å². The summed E-state index contributed by atoms with van der Waals surface area (Å²) < 4.78 is 13.5. The smallest absolute Gasteiger partial charge is 0.322 e. The van der Waals surface area contributed by atoms with Crippen molar-refractivity contribution < 1.29 is 9.18 Å². The molecule has 0 aliphatic carbocycles. The molecule has 1 N–H and O–H groups in total. The topological polar surface area (TPSA) is 85.2 Å². The molecule has 2 atom stereocenters. The molecule has 0 unspecified atom stereocenters. The van der Waals surface area contributed by atoms with Crippen LogP contribution in [0.25, 0.3) is 22.0 Å².